The molecule has 2 amide bonds. The van der Waals surface area contributed by atoms with E-state index in [0.717, 1.165) is 6.07 Å². The highest BCUT2D eigenvalue weighted by molar-refractivity contribution is 6.35. The number of hydrogen-bond donors (Lipinski definition) is 1. The van der Waals surface area contributed by atoms with Crippen LogP contribution < -0.4 is 0 Å². The largest absolute Gasteiger partial charge is 0.348 e. The molecule has 162 valence electrons. The molecule has 1 aromatic heterocycles. The van der Waals surface area contributed by atoms with Crippen LogP contribution in [0.15, 0.2) is 12.1 Å². The number of amides is 2. The Hall–Kier alpha value is -2.33. The molecule has 1 atom stereocenters. The molecule has 1 aromatic carbocycles. The predicted octanol–water partition coefficient (Wildman–Crippen LogP) is 2.72. The second-order valence-corrected chi connectivity index (χ2v) is 8.16. The molecule has 2 aliphatic heterocycles. The summed E-state index contributed by atoms with van der Waals surface area (Å²) >= 11 is 5.84. The highest BCUT2D eigenvalue weighted by atomic mass is 35.5. The normalized spacial score (nSPS) is 21.7. The third-order valence-corrected chi connectivity index (χ3v) is 5.89. The van der Waals surface area contributed by atoms with Gasteiger partial charge in [0.15, 0.2) is 5.82 Å². The lowest BCUT2D eigenvalue weighted by Crippen LogP contribution is -2.61. The molecule has 2 aliphatic rings. The number of likely N-dealkylation sites (tertiary alicyclic amines) is 1. The fourth-order valence-electron chi connectivity index (χ4n) is 3.97. The van der Waals surface area contributed by atoms with Crippen molar-refractivity contribution < 1.29 is 27.2 Å². The number of nitrogens with one attached hydrogen (secondary N) is 1. The number of nitrogens with zero attached hydrogens (tertiary/aromatic N) is 3. The van der Waals surface area contributed by atoms with Crippen LogP contribution >= 0.6 is 11.6 Å². The van der Waals surface area contributed by atoms with Gasteiger partial charge in [-0.2, -0.15) is 0 Å². The Bertz CT molecular complexity index is 1020. The number of aromatic nitrogens is 1. The zero-order valence-corrected chi connectivity index (χ0v) is 16.8. The third-order valence-electron chi connectivity index (χ3n) is 5.52. The number of halogens is 5. The van der Waals surface area contributed by atoms with Gasteiger partial charge in [-0.25, -0.2) is 17.6 Å². The van der Waals surface area contributed by atoms with Crippen molar-refractivity contribution in [3.05, 3.63) is 34.5 Å². The van der Waals surface area contributed by atoms with Crippen molar-refractivity contribution in [3.63, 3.8) is 0 Å². The molecule has 0 spiro atoms. The number of alkyl halides is 2. The SMILES string of the molecule is C[C@@H]1CN(C(=O)CN2CC(F)(F)C2)CCN1C(=O)c1[nH]c2ccc(F)c(Cl)c2c1F. The minimum absolute atomic E-state index is 0.100. The van der Waals surface area contributed by atoms with Crippen molar-refractivity contribution in [1.29, 1.82) is 0 Å². The monoisotopic (exact) mass is 446 g/mol. The van der Waals surface area contributed by atoms with Crippen molar-refractivity contribution >= 4 is 34.3 Å². The number of rotatable bonds is 3. The zero-order chi connectivity index (χ0) is 21.8. The lowest BCUT2D eigenvalue weighted by molar-refractivity contribution is -0.152. The number of hydrogen-bond acceptors (Lipinski definition) is 3. The lowest BCUT2D eigenvalue weighted by Gasteiger charge is -2.42. The smallest absolute Gasteiger partial charge is 0.273 e. The average Bonchev–Trinajstić information content (AvgIpc) is 3.00. The van der Waals surface area contributed by atoms with Crippen molar-refractivity contribution in [2.75, 3.05) is 39.3 Å². The molecule has 4 rings (SSSR count). The number of benzene rings is 1. The van der Waals surface area contributed by atoms with Crippen molar-refractivity contribution in [3.8, 4) is 0 Å². The van der Waals surface area contributed by atoms with Gasteiger partial charge in [0.05, 0.1) is 35.6 Å². The van der Waals surface area contributed by atoms with E-state index >= 15 is 0 Å². The van der Waals surface area contributed by atoms with Gasteiger partial charge in [0.25, 0.3) is 11.8 Å². The van der Waals surface area contributed by atoms with Gasteiger partial charge in [-0.15, -0.1) is 0 Å². The van der Waals surface area contributed by atoms with Crippen LogP contribution in [0.2, 0.25) is 5.02 Å². The summed E-state index contributed by atoms with van der Waals surface area (Å²) in [6.45, 7) is 1.30. The van der Waals surface area contributed by atoms with Crippen LogP contribution in [-0.2, 0) is 4.79 Å². The molecular weight excluding hydrogens is 428 g/mol. The Morgan fingerprint density at radius 2 is 1.93 bits per heavy atom. The van der Waals surface area contributed by atoms with Crippen molar-refractivity contribution in [2.45, 2.75) is 18.9 Å². The summed E-state index contributed by atoms with van der Waals surface area (Å²) < 4.78 is 54.3. The number of piperazine rings is 1. The van der Waals surface area contributed by atoms with Gasteiger partial charge in [0, 0.05) is 25.7 Å². The van der Waals surface area contributed by atoms with E-state index in [9.17, 15) is 27.2 Å². The number of aromatic amines is 1. The van der Waals surface area contributed by atoms with Crippen LogP contribution in [0.3, 0.4) is 0 Å². The molecule has 0 radical (unpaired) electrons. The Kier molecular flexibility index (Phi) is 5.17. The molecule has 0 aliphatic carbocycles. The summed E-state index contributed by atoms with van der Waals surface area (Å²) in [4.78, 5) is 32.2. The van der Waals surface area contributed by atoms with Crippen LogP contribution in [0.1, 0.15) is 17.4 Å². The van der Waals surface area contributed by atoms with Gasteiger partial charge in [-0.1, -0.05) is 11.6 Å². The zero-order valence-electron chi connectivity index (χ0n) is 16.0. The van der Waals surface area contributed by atoms with Crippen LogP contribution in [0.25, 0.3) is 10.9 Å². The minimum atomic E-state index is -2.74. The van der Waals surface area contributed by atoms with Gasteiger partial charge in [-0.3, -0.25) is 14.5 Å². The molecule has 0 unspecified atom stereocenters. The number of H-pyrrole nitrogens is 1. The van der Waals surface area contributed by atoms with Crippen molar-refractivity contribution in [1.82, 2.24) is 19.7 Å². The third kappa shape index (κ3) is 3.62. The van der Waals surface area contributed by atoms with E-state index in [1.54, 1.807) is 6.92 Å². The molecule has 2 fully saturated rings. The average molecular weight is 447 g/mol. The quantitative estimate of drug-likeness (QED) is 0.738. The molecule has 6 nitrogen and oxygen atoms in total. The molecule has 0 saturated carbocycles. The Morgan fingerprint density at radius 1 is 1.23 bits per heavy atom. The van der Waals surface area contributed by atoms with E-state index in [4.69, 9.17) is 11.6 Å². The fraction of sp³-hybridized carbons (Fsp3) is 0.474. The van der Waals surface area contributed by atoms with E-state index < -0.39 is 47.6 Å². The molecule has 1 N–H and O–H groups in total. The first-order valence-corrected chi connectivity index (χ1v) is 9.79. The summed E-state index contributed by atoms with van der Waals surface area (Å²) in [5.41, 5.74) is -0.123. The number of carbonyl (C=O) groups is 2. The summed E-state index contributed by atoms with van der Waals surface area (Å²) in [7, 11) is 0. The second kappa shape index (κ2) is 7.42. The summed E-state index contributed by atoms with van der Waals surface area (Å²) in [5.74, 6) is -5.37. The molecule has 2 saturated heterocycles. The highest BCUT2D eigenvalue weighted by Gasteiger charge is 2.45. The minimum Gasteiger partial charge on any atom is -0.348 e. The molecule has 0 bridgehead atoms. The first-order valence-electron chi connectivity index (χ1n) is 9.41. The maximum Gasteiger partial charge on any atom is 0.273 e. The predicted molar refractivity (Wildman–Crippen MR) is 102 cm³/mol. The second-order valence-electron chi connectivity index (χ2n) is 7.79. The topological polar surface area (TPSA) is 59.7 Å². The maximum absolute atomic E-state index is 14.8. The first-order chi connectivity index (χ1) is 14.1. The van der Waals surface area contributed by atoms with Gasteiger partial charge >= 0.3 is 0 Å². The first kappa shape index (κ1) is 20.9. The van der Waals surface area contributed by atoms with E-state index in [-0.39, 0.29) is 48.7 Å². The Labute approximate surface area is 174 Å². The highest BCUT2D eigenvalue weighted by Crippen LogP contribution is 2.31. The van der Waals surface area contributed by atoms with Crippen molar-refractivity contribution in [2.24, 2.45) is 0 Å². The van der Waals surface area contributed by atoms with E-state index in [0.29, 0.717) is 0 Å². The maximum atomic E-state index is 14.8. The summed E-state index contributed by atoms with van der Waals surface area (Å²) in [6, 6.07) is 1.96. The molecule has 30 heavy (non-hydrogen) atoms. The Balaban J connectivity index is 1.44. The molecule has 11 heteroatoms. The number of carbonyl (C=O) groups excluding carboxylic acids is 2. The van der Waals surface area contributed by atoms with Gasteiger partial charge in [0.2, 0.25) is 5.91 Å². The van der Waals surface area contributed by atoms with Crippen LogP contribution in [0, 0.1) is 11.6 Å². The molecule has 3 heterocycles. The van der Waals surface area contributed by atoms with Crippen LogP contribution in [0.5, 0.6) is 0 Å². The molecule has 2 aromatic rings. The fourth-order valence-corrected chi connectivity index (χ4v) is 4.22. The summed E-state index contributed by atoms with van der Waals surface area (Å²) in [5, 5.41) is -0.590. The standard InChI is InChI=1S/C19H19ClF4N4O2/c1-10-6-27(13(29)7-26-8-19(23,24)9-26)4-5-28(10)18(30)17-16(22)14-12(25-17)3-2-11(21)15(14)20/h2-3,10,25H,4-9H2,1H3/t10-/m1/s1. The van der Waals surface area contributed by atoms with E-state index in [1.165, 1.54) is 20.8 Å². The van der Waals surface area contributed by atoms with Gasteiger partial charge < -0.3 is 14.8 Å². The van der Waals surface area contributed by atoms with Gasteiger partial charge in [0.1, 0.15) is 11.5 Å². The Morgan fingerprint density at radius 3 is 2.57 bits per heavy atom. The van der Waals surface area contributed by atoms with Gasteiger partial charge in [-0.05, 0) is 19.1 Å². The van der Waals surface area contributed by atoms with Crippen LogP contribution in [-0.4, -0.2) is 82.7 Å². The molecular formula is C19H19ClF4N4O2. The van der Waals surface area contributed by atoms with E-state index in [2.05, 4.69) is 4.98 Å². The summed E-state index contributed by atoms with van der Waals surface area (Å²) in [6.07, 6.45) is 0. The number of fused-ring (bicyclic) bond motifs is 1. The van der Waals surface area contributed by atoms with E-state index in [1.807, 2.05) is 0 Å². The lowest BCUT2D eigenvalue weighted by atomic mass is 10.1. The van der Waals surface area contributed by atoms with Crippen LogP contribution in [0.4, 0.5) is 17.6 Å².